The van der Waals surface area contributed by atoms with Crippen LogP contribution in [-0.4, -0.2) is 52.4 Å². The maximum Gasteiger partial charge on any atom is 0.471 e. The van der Waals surface area contributed by atoms with Crippen molar-refractivity contribution in [3.8, 4) is 17.9 Å². The second-order valence-corrected chi connectivity index (χ2v) is 12.8. The van der Waals surface area contributed by atoms with Crippen LogP contribution in [0, 0.1) is 45.8 Å². The van der Waals surface area contributed by atoms with Gasteiger partial charge in [0.1, 0.15) is 18.1 Å². The summed E-state index contributed by atoms with van der Waals surface area (Å²) < 4.78 is 40.0. The molecule has 8 nitrogen and oxygen atoms in total. The van der Waals surface area contributed by atoms with Gasteiger partial charge in [0.25, 0.3) is 0 Å². The molecule has 0 spiro atoms. The molecule has 3 heterocycles. The Labute approximate surface area is 234 Å². The predicted molar refractivity (Wildman–Crippen MR) is 142 cm³/mol. The number of hydrogen-bond acceptors (Lipinski definition) is 6. The van der Waals surface area contributed by atoms with Gasteiger partial charge < -0.3 is 15.5 Å². The standard InChI is InChI=1S/C28H30F3N5O3S/c1-7-8-14-13-40-18-11-33-10-15(19(14)18)17(9-32)34-23(37)21-20-16(27(20,5)6)12-36(21)24(38)22(26(2,3)4)35-25(39)28(29,30)31/h10-11,13,16-17,20-22H,12H2,1-6H3,(H,34,37)(H,35,39)/t16-,17?,20-,21-,22+/m0/s1. The van der Waals surface area contributed by atoms with Crippen LogP contribution in [0.25, 0.3) is 10.1 Å². The maximum atomic E-state index is 13.8. The van der Waals surface area contributed by atoms with Crippen LogP contribution in [-0.2, 0) is 14.4 Å². The fourth-order valence-electron chi connectivity index (χ4n) is 5.71. The molecule has 1 aliphatic carbocycles. The van der Waals surface area contributed by atoms with Gasteiger partial charge in [-0.25, -0.2) is 0 Å². The van der Waals surface area contributed by atoms with Crippen LogP contribution in [0.3, 0.4) is 0 Å². The number of halogens is 3. The number of amides is 3. The van der Waals surface area contributed by atoms with Crippen LogP contribution < -0.4 is 10.6 Å². The lowest BCUT2D eigenvalue weighted by atomic mass is 9.85. The Hall–Kier alpha value is -3.64. The van der Waals surface area contributed by atoms with E-state index in [1.54, 1.807) is 33.9 Å². The van der Waals surface area contributed by atoms with Crippen molar-refractivity contribution in [2.75, 3.05) is 6.54 Å². The van der Waals surface area contributed by atoms with Crippen LogP contribution >= 0.6 is 11.3 Å². The molecular formula is C28H30F3N5O3S. The predicted octanol–water partition coefficient (Wildman–Crippen LogP) is 3.92. The first-order valence-electron chi connectivity index (χ1n) is 12.7. The summed E-state index contributed by atoms with van der Waals surface area (Å²) in [7, 11) is 0. The van der Waals surface area contributed by atoms with E-state index in [0.717, 1.165) is 4.70 Å². The number of fused-ring (bicyclic) bond motifs is 2. The van der Waals surface area contributed by atoms with Crippen molar-refractivity contribution < 1.29 is 27.6 Å². The van der Waals surface area contributed by atoms with E-state index in [-0.39, 0.29) is 23.8 Å². The highest BCUT2D eigenvalue weighted by Gasteiger charge is 2.70. The molecule has 5 atom stereocenters. The van der Waals surface area contributed by atoms with Crippen molar-refractivity contribution in [1.82, 2.24) is 20.5 Å². The van der Waals surface area contributed by atoms with Crippen LogP contribution in [0.5, 0.6) is 0 Å². The first-order chi connectivity index (χ1) is 18.5. The fraction of sp³-hybridized carbons (Fsp3) is 0.536. The molecule has 2 aromatic rings. The summed E-state index contributed by atoms with van der Waals surface area (Å²) in [5.41, 5.74) is -0.205. The molecule has 40 heavy (non-hydrogen) atoms. The zero-order chi connectivity index (χ0) is 29.8. The molecule has 0 aromatic carbocycles. The molecule has 4 rings (SSSR count). The summed E-state index contributed by atoms with van der Waals surface area (Å²) in [5.74, 6) is 1.93. The van der Waals surface area contributed by atoms with Crippen molar-refractivity contribution in [1.29, 1.82) is 5.26 Å². The Morgan fingerprint density at radius 3 is 2.45 bits per heavy atom. The van der Waals surface area contributed by atoms with Crippen LogP contribution in [0.1, 0.15) is 58.7 Å². The van der Waals surface area contributed by atoms with E-state index in [0.29, 0.717) is 16.5 Å². The van der Waals surface area contributed by atoms with E-state index in [1.807, 2.05) is 24.5 Å². The number of nitrogens with one attached hydrogen (secondary N) is 2. The highest BCUT2D eigenvalue weighted by Crippen LogP contribution is 2.65. The van der Waals surface area contributed by atoms with E-state index in [9.17, 15) is 32.8 Å². The molecular weight excluding hydrogens is 543 g/mol. The van der Waals surface area contributed by atoms with Gasteiger partial charge in [-0.3, -0.25) is 19.4 Å². The molecule has 0 radical (unpaired) electrons. The first kappa shape index (κ1) is 29.3. The number of alkyl halides is 3. The lowest BCUT2D eigenvalue weighted by Crippen LogP contribution is -2.60. The summed E-state index contributed by atoms with van der Waals surface area (Å²) in [6.07, 6.45) is -2.03. The second-order valence-electron chi connectivity index (χ2n) is 11.9. The SMILES string of the molecule is CC#Cc1csc2cncc(C(C#N)NC(=O)[C@@H]3[C@@H]4[C@H](CN3C(=O)[C@@H](NC(=O)C(F)(F)F)C(C)(C)C)C4(C)C)c12. The minimum absolute atomic E-state index is 0.0555. The van der Waals surface area contributed by atoms with Gasteiger partial charge >= 0.3 is 12.1 Å². The Morgan fingerprint density at radius 2 is 1.88 bits per heavy atom. The van der Waals surface area contributed by atoms with Crippen molar-refractivity contribution >= 4 is 39.1 Å². The van der Waals surface area contributed by atoms with Gasteiger partial charge in [0.15, 0.2) is 0 Å². The molecule has 2 fully saturated rings. The Kier molecular flexibility index (Phi) is 7.39. The first-order valence-corrected chi connectivity index (χ1v) is 13.6. The molecule has 212 valence electrons. The molecule has 2 aliphatic rings. The number of carbonyl (C=O) groups excluding carboxylic acids is 3. The van der Waals surface area contributed by atoms with Gasteiger partial charge in [0.2, 0.25) is 11.8 Å². The summed E-state index contributed by atoms with van der Waals surface area (Å²) in [5, 5.41) is 17.2. The number of pyridine rings is 1. The van der Waals surface area contributed by atoms with E-state index in [4.69, 9.17) is 0 Å². The zero-order valence-corrected chi connectivity index (χ0v) is 23.8. The summed E-state index contributed by atoms with van der Waals surface area (Å²) in [6.45, 7) is 10.4. The Morgan fingerprint density at radius 1 is 1.20 bits per heavy atom. The number of nitrogens with zero attached hydrogens (tertiary/aromatic N) is 3. The van der Waals surface area contributed by atoms with Crippen molar-refractivity contribution in [2.24, 2.45) is 22.7 Å². The molecule has 2 N–H and O–H groups in total. The normalized spacial score (nSPS) is 22.8. The summed E-state index contributed by atoms with van der Waals surface area (Å²) >= 11 is 1.41. The number of likely N-dealkylation sites (tertiary alicyclic amines) is 1. The van der Waals surface area contributed by atoms with Crippen molar-refractivity contribution in [2.45, 2.75) is 65.8 Å². The minimum Gasteiger partial charge on any atom is -0.336 e. The Balaban J connectivity index is 1.66. The number of carbonyl (C=O) groups is 3. The highest BCUT2D eigenvalue weighted by atomic mass is 32.1. The lowest BCUT2D eigenvalue weighted by molar-refractivity contribution is -0.176. The van der Waals surface area contributed by atoms with E-state index < -0.39 is 47.4 Å². The summed E-state index contributed by atoms with van der Waals surface area (Å²) in [4.78, 5) is 44.8. The van der Waals surface area contributed by atoms with Crippen LogP contribution in [0.15, 0.2) is 17.8 Å². The quantitative estimate of drug-likeness (QED) is 0.526. The molecule has 2 aromatic heterocycles. The van der Waals surface area contributed by atoms with Crippen molar-refractivity contribution in [3.05, 3.63) is 28.9 Å². The molecule has 1 unspecified atom stereocenters. The largest absolute Gasteiger partial charge is 0.471 e. The highest BCUT2D eigenvalue weighted by molar-refractivity contribution is 7.17. The molecule has 1 aliphatic heterocycles. The number of hydrogen-bond donors (Lipinski definition) is 2. The third-order valence-corrected chi connectivity index (χ3v) is 8.82. The maximum absolute atomic E-state index is 13.8. The molecule has 3 amide bonds. The average Bonchev–Trinajstić information content (AvgIpc) is 3.22. The van der Waals surface area contributed by atoms with E-state index in [2.05, 4.69) is 28.2 Å². The number of rotatable bonds is 5. The van der Waals surface area contributed by atoms with Crippen LogP contribution in [0.2, 0.25) is 0 Å². The number of nitriles is 1. The topological polar surface area (TPSA) is 115 Å². The number of thiophene rings is 1. The average molecular weight is 574 g/mol. The van der Waals surface area contributed by atoms with E-state index in [1.165, 1.54) is 22.4 Å². The third kappa shape index (κ3) is 5.13. The van der Waals surface area contributed by atoms with Gasteiger partial charge in [-0.1, -0.05) is 40.5 Å². The molecule has 1 saturated carbocycles. The fourth-order valence-corrected chi connectivity index (χ4v) is 6.60. The minimum atomic E-state index is -5.17. The monoisotopic (exact) mass is 573 g/mol. The van der Waals surface area contributed by atoms with Gasteiger partial charge in [0, 0.05) is 40.8 Å². The molecule has 1 saturated heterocycles. The van der Waals surface area contributed by atoms with Crippen LogP contribution in [0.4, 0.5) is 13.2 Å². The second kappa shape index (κ2) is 10.1. The van der Waals surface area contributed by atoms with Gasteiger partial charge in [-0.05, 0) is 29.6 Å². The van der Waals surface area contributed by atoms with Gasteiger partial charge in [-0.2, -0.15) is 18.4 Å². The van der Waals surface area contributed by atoms with E-state index >= 15 is 0 Å². The molecule has 12 heteroatoms. The van der Waals surface area contributed by atoms with Gasteiger partial charge in [-0.15, -0.1) is 17.3 Å². The number of piperidine rings is 1. The zero-order valence-electron chi connectivity index (χ0n) is 22.9. The van der Waals surface area contributed by atoms with Crippen molar-refractivity contribution in [3.63, 3.8) is 0 Å². The smallest absolute Gasteiger partial charge is 0.336 e. The number of aromatic nitrogens is 1. The Bertz CT molecular complexity index is 1470. The molecule has 0 bridgehead atoms. The van der Waals surface area contributed by atoms with Gasteiger partial charge in [0.05, 0.1) is 10.8 Å². The summed E-state index contributed by atoms with van der Waals surface area (Å²) in [6, 6.07) is -1.56. The third-order valence-electron chi connectivity index (χ3n) is 7.91. The lowest BCUT2D eigenvalue weighted by Gasteiger charge is -2.37.